The molecule has 0 amide bonds. The SMILES string of the molecule is COC(=O)C(C)C(C)N[C@@H](C)c1cccc(C)c1. The molecular weight excluding hydrogens is 226 g/mol. The first-order valence-electron chi connectivity index (χ1n) is 6.36. The maximum Gasteiger partial charge on any atom is 0.309 e. The number of ether oxygens (including phenoxy) is 1. The van der Waals surface area contributed by atoms with Gasteiger partial charge in [0.25, 0.3) is 0 Å². The fourth-order valence-electron chi connectivity index (χ4n) is 1.96. The number of aryl methyl sites for hydroxylation is 1. The lowest BCUT2D eigenvalue weighted by molar-refractivity contribution is -0.145. The van der Waals surface area contributed by atoms with Crippen molar-refractivity contribution in [2.75, 3.05) is 7.11 Å². The summed E-state index contributed by atoms with van der Waals surface area (Å²) in [7, 11) is 1.43. The van der Waals surface area contributed by atoms with Crippen LogP contribution in [0.15, 0.2) is 24.3 Å². The van der Waals surface area contributed by atoms with E-state index >= 15 is 0 Å². The number of nitrogens with one attached hydrogen (secondary N) is 1. The van der Waals surface area contributed by atoms with Crippen LogP contribution in [0.5, 0.6) is 0 Å². The van der Waals surface area contributed by atoms with Crippen molar-refractivity contribution in [1.82, 2.24) is 5.32 Å². The van der Waals surface area contributed by atoms with Crippen molar-refractivity contribution in [1.29, 1.82) is 0 Å². The second-order valence-electron chi connectivity index (χ2n) is 4.90. The van der Waals surface area contributed by atoms with Crippen LogP contribution >= 0.6 is 0 Å². The quantitative estimate of drug-likeness (QED) is 0.815. The van der Waals surface area contributed by atoms with Gasteiger partial charge in [0.05, 0.1) is 13.0 Å². The van der Waals surface area contributed by atoms with Gasteiger partial charge in [-0.25, -0.2) is 0 Å². The zero-order chi connectivity index (χ0) is 13.7. The largest absolute Gasteiger partial charge is 0.469 e. The first-order valence-corrected chi connectivity index (χ1v) is 6.36. The summed E-state index contributed by atoms with van der Waals surface area (Å²) in [6.07, 6.45) is 0. The van der Waals surface area contributed by atoms with Crippen LogP contribution in [-0.2, 0) is 9.53 Å². The molecule has 0 saturated heterocycles. The Morgan fingerprint density at radius 3 is 2.50 bits per heavy atom. The van der Waals surface area contributed by atoms with Crippen LogP contribution in [0.3, 0.4) is 0 Å². The summed E-state index contributed by atoms with van der Waals surface area (Å²) < 4.78 is 4.76. The summed E-state index contributed by atoms with van der Waals surface area (Å²) in [6, 6.07) is 8.68. The second-order valence-corrected chi connectivity index (χ2v) is 4.90. The minimum atomic E-state index is -0.175. The Labute approximate surface area is 110 Å². The van der Waals surface area contributed by atoms with Gasteiger partial charge in [0, 0.05) is 12.1 Å². The number of rotatable bonds is 5. The Kier molecular flexibility index (Phi) is 5.35. The molecule has 0 heterocycles. The fraction of sp³-hybridized carbons (Fsp3) is 0.533. The highest BCUT2D eigenvalue weighted by Gasteiger charge is 2.22. The monoisotopic (exact) mass is 249 g/mol. The summed E-state index contributed by atoms with van der Waals surface area (Å²) in [4.78, 5) is 11.5. The van der Waals surface area contributed by atoms with Gasteiger partial charge in [-0.2, -0.15) is 0 Å². The van der Waals surface area contributed by atoms with Gasteiger partial charge in [-0.3, -0.25) is 4.79 Å². The van der Waals surface area contributed by atoms with Crippen molar-refractivity contribution in [2.24, 2.45) is 5.92 Å². The molecule has 1 rings (SSSR count). The van der Waals surface area contributed by atoms with Crippen molar-refractivity contribution in [3.63, 3.8) is 0 Å². The summed E-state index contributed by atoms with van der Waals surface area (Å²) in [5.74, 6) is -0.325. The molecule has 0 fully saturated rings. The molecule has 2 unspecified atom stereocenters. The van der Waals surface area contributed by atoms with E-state index < -0.39 is 0 Å². The molecule has 3 atom stereocenters. The number of benzene rings is 1. The van der Waals surface area contributed by atoms with Crippen molar-refractivity contribution in [2.45, 2.75) is 39.8 Å². The average Bonchev–Trinajstić information content (AvgIpc) is 2.36. The smallest absolute Gasteiger partial charge is 0.309 e. The molecule has 18 heavy (non-hydrogen) atoms. The number of esters is 1. The van der Waals surface area contributed by atoms with E-state index in [1.54, 1.807) is 0 Å². The van der Waals surface area contributed by atoms with Crippen LogP contribution in [0.25, 0.3) is 0 Å². The predicted molar refractivity (Wildman–Crippen MR) is 73.4 cm³/mol. The summed E-state index contributed by atoms with van der Waals surface area (Å²) >= 11 is 0. The van der Waals surface area contributed by atoms with Gasteiger partial charge in [0.1, 0.15) is 0 Å². The minimum Gasteiger partial charge on any atom is -0.469 e. The third kappa shape index (κ3) is 3.84. The molecule has 1 aromatic rings. The van der Waals surface area contributed by atoms with Gasteiger partial charge < -0.3 is 10.1 Å². The van der Waals surface area contributed by atoms with E-state index in [1.807, 2.05) is 13.8 Å². The number of carbonyl (C=O) groups is 1. The molecule has 0 aromatic heterocycles. The Bertz CT molecular complexity index is 403. The maximum atomic E-state index is 11.5. The Balaban J connectivity index is 2.64. The molecule has 0 aliphatic carbocycles. The molecule has 0 aliphatic rings. The van der Waals surface area contributed by atoms with E-state index in [2.05, 4.69) is 43.4 Å². The number of hydrogen-bond donors (Lipinski definition) is 1. The van der Waals surface area contributed by atoms with Gasteiger partial charge in [0.2, 0.25) is 0 Å². The fourth-order valence-corrected chi connectivity index (χ4v) is 1.96. The van der Waals surface area contributed by atoms with Crippen molar-refractivity contribution in [3.05, 3.63) is 35.4 Å². The van der Waals surface area contributed by atoms with Gasteiger partial charge >= 0.3 is 5.97 Å². The van der Waals surface area contributed by atoms with Crippen molar-refractivity contribution < 1.29 is 9.53 Å². The standard InChI is InChI=1S/C15H23NO2/c1-10-7-6-8-14(9-10)13(4)16-12(3)11(2)15(17)18-5/h6-9,11-13,16H,1-5H3/t11?,12?,13-/m0/s1. The summed E-state index contributed by atoms with van der Waals surface area (Å²) in [6.45, 7) is 8.08. The molecule has 0 aliphatic heterocycles. The average molecular weight is 249 g/mol. The Morgan fingerprint density at radius 2 is 1.94 bits per heavy atom. The van der Waals surface area contributed by atoms with E-state index in [1.165, 1.54) is 18.2 Å². The molecule has 100 valence electrons. The summed E-state index contributed by atoms with van der Waals surface area (Å²) in [5, 5.41) is 3.44. The zero-order valence-corrected chi connectivity index (χ0v) is 11.9. The van der Waals surface area contributed by atoms with Crippen LogP contribution in [-0.4, -0.2) is 19.1 Å². The van der Waals surface area contributed by atoms with Gasteiger partial charge in [-0.1, -0.05) is 36.8 Å². The highest BCUT2D eigenvalue weighted by molar-refractivity contribution is 5.72. The van der Waals surface area contributed by atoms with Gasteiger partial charge in [-0.05, 0) is 26.3 Å². The molecule has 0 saturated carbocycles. The van der Waals surface area contributed by atoms with Crippen LogP contribution in [0.2, 0.25) is 0 Å². The van der Waals surface area contributed by atoms with E-state index in [0.29, 0.717) is 0 Å². The molecule has 0 spiro atoms. The first-order chi connectivity index (χ1) is 8.45. The van der Waals surface area contributed by atoms with E-state index in [-0.39, 0.29) is 24.0 Å². The Hall–Kier alpha value is -1.35. The normalized spacial score (nSPS) is 15.8. The number of hydrogen-bond acceptors (Lipinski definition) is 3. The third-order valence-corrected chi connectivity index (χ3v) is 3.38. The van der Waals surface area contributed by atoms with Crippen LogP contribution in [0.4, 0.5) is 0 Å². The lowest BCUT2D eigenvalue weighted by Gasteiger charge is -2.24. The first kappa shape index (κ1) is 14.7. The van der Waals surface area contributed by atoms with Gasteiger partial charge in [-0.15, -0.1) is 0 Å². The lowest BCUT2D eigenvalue weighted by Crippen LogP contribution is -2.38. The number of methoxy groups -OCH3 is 1. The molecule has 1 N–H and O–H groups in total. The van der Waals surface area contributed by atoms with Crippen LogP contribution in [0.1, 0.15) is 37.9 Å². The Morgan fingerprint density at radius 1 is 1.28 bits per heavy atom. The highest BCUT2D eigenvalue weighted by atomic mass is 16.5. The minimum absolute atomic E-state index is 0.0768. The maximum absolute atomic E-state index is 11.5. The third-order valence-electron chi connectivity index (χ3n) is 3.38. The summed E-state index contributed by atoms with van der Waals surface area (Å²) in [5.41, 5.74) is 2.48. The molecule has 0 bridgehead atoms. The lowest BCUT2D eigenvalue weighted by atomic mass is 10.0. The molecule has 3 heteroatoms. The molecular formula is C15H23NO2. The van der Waals surface area contributed by atoms with E-state index in [0.717, 1.165) is 0 Å². The topological polar surface area (TPSA) is 38.3 Å². The van der Waals surface area contributed by atoms with Gasteiger partial charge in [0.15, 0.2) is 0 Å². The molecule has 0 radical (unpaired) electrons. The predicted octanol–water partition coefficient (Wildman–Crippen LogP) is 2.84. The zero-order valence-electron chi connectivity index (χ0n) is 11.9. The number of carbonyl (C=O) groups excluding carboxylic acids is 1. The van der Waals surface area contributed by atoms with Crippen LogP contribution in [0, 0.1) is 12.8 Å². The molecule has 1 aromatic carbocycles. The van der Waals surface area contributed by atoms with E-state index in [4.69, 9.17) is 4.74 Å². The second kappa shape index (κ2) is 6.55. The van der Waals surface area contributed by atoms with E-state index in [9.17, 15) is 4.79 Å². The van der Waals surface area contributed by atoms with Crippen molar-refractivity contribution >= 4 is 5.97 Å². The van der Waals surface area contributed by atoms with Crippen LogP contribution < -0.4 is 5.32 Å². The molecule has 3 nitrogen and oxygen atoms in total. The van der Waals surface area contributed by atoms with Crippen molar-refractivity contribution in [3.8, 4) is 0 Å². The highest BCUT2D eigenvalue weighted by Crippen LogP contribution is 2.16.